The van der Waals surface area contributed by atoms with Crippen LogP contribution < -0.4 is 9.64 Å². The fraction of sp³-hybridized carbons (Fsp3) is 0.400. The van der Waals surface area contributed by atoms with Crippen molar-refractivity contribution in [1.29, 1.82) is 5.26 Å². The largest absolute Gasteiger partial charge is 0.462 e. The van der Waals surface area contributed by atoms with Crippen molar-refractivity contribution in [1.82, 2.24) is 4.90 Å². The second-order valence-electron chi connectivity index (χ2n) is 9.23. The Bertz CT molecular complexity index is 1310. The number of aliphatic hydroxyl groups is 4. The number of aliphatic hydroxyl groups excluding tert-OH is 4. The number of hydrogen-bond acceptors (Lipinski definition) is 9. The number of amides is 3. The molecule has 4 rings (SSSR count). The maximum absolute atomic E-state index is 13.5. The van der Waals surface area contributed by atoms with Gasteiger partial charge in [0.1, 0.15) is 35.7 Å². The molecule has 2 fully saturated rings. The van der Waals surface area contributed by atoms with Gasteiger partial charge >= 0.3 is 12.2 Å². The van der Waals surface area contributed by atoms with Gasteiger partial charge in [0.05, 0.1) is 29.5 Å². The molecular formula is C25H24F3N3O8. The Kier molecular flexibility index (Phi) is 7.32. The van der Waals surface area contributed by atoms with Crippen molar-refractivity contribution >= 4 is 17.6 Å². The van der Waals surface area contributed by atoms with Gasteiger partial charge in [0.15, 0.2) is 0 Å². The van der Waals surface area contributed by atoms with Crippen LogP contribution in [0.2, 0.25) is 0 Å². The number of carbonyl (C=O) groups excluding carboxylic acids is 2. The van der Waals surface area contributed by atoms with E-state index in [1.54, 1.807) is 0 Å². The standard InChI is InChI=1S/C25H24F3N3O8/c1-24(13-4-7-15(8-5-13)38-21-20(35)19(34)18(33)17(11-32)39-21)22(36)31(23(37)30(24)2)14-6-3-12(10-29)16(9-14)25(26,27)28/h3-9,17-21,32-35H,11H2,1-2H3/t17-,18-,19+,20-,21-,24-/m1/s1. The summed E-state index contributed by atoms with van der Waals surface area (Å²) in [5, 5.41) is 48.3. The molecule has 3 amide bonds. The van der Waals surface area contributed by atoms with Crippen LogP contribution in [-0.2, 0) is 21.2 Å². The average Bonchev–Trinajstić information content (AvgIpc) is 3.08. The van der Waals surface area contributed by atoms with E-state index in [1.807, 2.05) is 0 Å². The molecule has 2 aliphatic rings. The summed E-state index contributed by atoms with van der Waals surface area (Å²) in [7, 11) is 1.31. The number of alkyl halides is 3. The quantitative estimate of drug-likeness (QED) is 0.398. The van der Waals surface area contributed by atoms with E-state index >= 15 is 0 Å². The van der Waals surface area contributed by atoms with Crippen LogP contribution in [-0.4, -0.2) is 81.6 Å². The number of halogens is 3. The van der Waals surface area contributed by atoms with Crippen LogP contribution in [0.25, 0.3) is 0 Å². The van der Waals surface area contributed by atoms with Gasteiger partial charge in [-0.3, -0.25) is 4.79 Å². The van der Waals surface area contributed by atoms with Gasteiger partial charge in [0, 0.05) is 7.05 Å². The third kappa shape index (κ3) is 4.68. The minimum absolute atomic E-state index is 0.102. The number of nitriles is 1. The Hall–Kier alpha value is -3.74. The van der Waals surface area contributed by atoms with Crippen molar-refractivity contribution in [2.24, 2.45) is 0 Å². The van der Waals surface area contributed by atoms with E-state index in [1.165, 1.54) is 44.3 Å². The van der Waals surface area contributed by atoms with Crippen LogP contribution in [0.3, 0.4) is 0 Å². The van der Waals surface area contributed by atoms with E-state index in [-0.39, 0.29) is 17.0 Å². The number of rotatable bonds is 5. The lowest BCUT2D eigenvalue weighted by Crippen LogP contribution is -2.60. The molecule has 2 aromatic carbocycles. The fourth-order valence-electron chi connectivity index (χ4n) is 4.49. The molecule has 0 saturated carbocycles. The highest BCUT2D eigenvalue weighted by Gasteiger charge is 2.54. The molecule has 0 spiro atoms. The number of urea groups is 1. The molecule has 4 N–H and O–H groups in total. The number of hydrogen-bond donors (Lipinski definition) is 4. The maximum Gasteiger partial charge on any atom is 0.417 e. The molecule has 2 aliphatic heterocycles. The predicted octanol–water partition coefficient (Wildman–Crippen LogP) is 1.07. The molecule has 0 radical (unpaired) electrons. The van der Waals surface area contributed by atoms with Crippen LogP contribution in [0, 0.1) is 11.3 Å². The first-order chi connectivity index (χ1) is 18.2. The van der Waals surface area contributed by atoms with Crippen molar-refractivity contribution in [3.8, 4) is 11.8 Å². The SMILES string of the molecule is CN1C(=O)N(c2ccc(C#N)c(C(F)(F)F)c2)C(=O)[C@@]1(C)c1ccc(O[C@@H]2O[C@H](CO)[C@@H](O)[C@H](O)[C@H]2O)cc1. The zero-order valence-electron chi connectivity index (χ0n) is 20.5. The molecule has 0 aromatic heterocycles. The molecule has 2 heterocycles. The van der Waals surface area contributed by atoms with Crippen molar-refractivity contribution in [2.45, 2.75) is 49.3 Å². The highest BCUT2D eigenvalue weighted by atomic mass is 19.4. The summed E-state index contributed by atoms with van der Waals surface area (Å²) in [6.45, 7) is 0.764. The highest BCUT2D eigenvalue weighted by Crippen LogP contribution is 2.41. The van der Waals surface area contributed by atoms with E-state index < -0.39 is 72.1 Å². The molecule has 2 saturated heterocycles. The van der Waals surface area contributed by atoms with Gasteiger partial charge < -0.3 is 34.8 Å². The number of likely N-dealkylation sites (N-methyl/N-ethyl adjacent to an activating group) is 1. The average molecular weight is 551 g/mol. The molecule has 2 aromatic rings. The lowest BCUT2D eigenvalue weighted by atomic mass is 9.90. The lowest BCUT2D eigenvalue weighted by molar-refractivity contribution is -0.277. The number of carbonyl (C=O) groups is 2. The number of benzene rings is 2. The van der Waals surface area contributed by atoms with Crippen molar-refractivity contribution < 1.29 is 52.7 Å². The van der Waals surface area contributed by atoms with Gasteiger partial charge in [-0.2, -0.15) is 18.4 Å². The third-order valence-electron chi connectivity index (χ3n) is 6.97. The zero-order chi connectivity index (χ0) is 28.9. The summed E-state index contributed by atoms with van der Waals surface area (Å²) in [5.74, 6) is -0.736. The van der Waals surface area contributed by atoms with Gasteiger partial charge in [-0.1, -0.05) is 12.1 Å². The molecule has 0 unspecified atom stereocenters. The van der Waals surface area contributed by atoms with Crippen molar-refractivity contribution in [3.63, 3.8) is 0 Å². The Morgan fingerprint density at radius 3 is 2.28 bits per heavy atom. The Morgan fingerprint density at radius 1 is 1.08 bits per heavy atom. The molecule has 6 atom stereocenters. The smallest absolute Gasteiger partial charge is 0.417 e. The van der Waals surface area contributed by atoms with E-state index in [0.717, 1.165) is 17.0 Å². The Labute approximate surface area is 219 Å². The number of nitrogens with zero attached hydrogens (tertiary/aromatic N) is 3. The number of ether oxygens (including phenoxy) is 2. The molecule has 39 heavy (non-hydrogen) atoms. The first-order valence-electron chi connectivity index (χ1n) is 11.6. The van der Waals surface area contributed by atoms with Gasteiger partial charge in [-0.25, -0.2) is 9.69 Å². The van der Waals surface area contributed by atoms with Crippen LogP contribution in [0.1, 0.15) is 23.6 Å². The first kappa shape index (κ1) is 28.3. The van der Waals surface area contributed by atoms with E-state index in [9.17, 15) is 43.2 Å². The van der Waals surface area contributed by atoms with Gasteiger partial charge in [-0.15, -0.1) is 0 Å². The van der Waals surface area contributed by atoms with Crippen molar-refractivity contribution in [3.05, 3.63) is 59.2 Å². The van der Waals surface area contributed by atoms with Crippen molar-refractivity contribution in [2.75, 3.05) is 18.6 Å². The molecule has 208 valence electrons. The third-order valence-corrected chi connectivity index (χ3v) is 6.97. The number of imide groups is 1. The van der Waals surface area contributed by atoms with Gasteiger partial charge in [0.2, 0.25) is 6.29 Å². The molecule has 11 nitrogen and oxygen atoms in total. The van der Waals surface area contributed by atoms with E-state index in [2.05, 4.69) is 0 Å². The summed E-state index contributed by atoms with van der Waals surface area (Å²) in [4.78, 5) is 28.2. The minimum Gasteiger partial charge on any atom is -0.462 e. The van der Waals surface area contributed by atoms with Crippen LogP contribution in [0.5, 0.6) is 5.75 Å². The van der Waals surface area contributed by atoms with Crippen LogP contribution in [0.4, 0.5) is 23.7 Å². The minimum atomic E-state index is -4.89. The second-order valence-corrected chi connectivity index (χ2v) is 9.23. The van der Waals surface area contributed by atoms with Crippen LogP contribution >= 0.6 is 0 Å². The molecule has 0 bridgehead atoms. The van der Waals surface area contributed by atoms with E-state index in [0.29, 0.717) is 11.0 Å². The molecular weight excluding hydrogens is 527 g/mol. The zero-order valence-corrected chi connectivity index (χ0v) is 20.5. The molecule has 14 heteroatoms. The second kappa shape index (κ2) is 10.1. The fourth-order valence-corrected chi connectivity index (χ4v) is 4.49. The van der Waals surface area contributed by atoms with Gasteiger partial charge in [0.25, 0.3) is 5.91 Å². The normalized spacial score (nSPS) is 29.5. The predicted molar refractivity (Wildman–Crippen MR) is 125 cm³/mol. The summed E-state index contributed by atoms with van der Waals surface area (Å²) >= 11 is 0. The Balaban J connectivity index is 1.60. The summed E-state index contributed by atoms with van der Waals surface area (Å²) < 4.78 is 51.3. The monoisotopic (exact) mass is 551 g/mol. The van der Waals surface area contributed by atoms with E-state index in [4.69, 9.17) is 14.7 Å². The van der Waals surface area contributed by atoms with Crippen LogP contribution in [0.15, 0.2) is 42.5 Å². The Morgan fingerprint density at radius 2 is 1.72 bits per heavy atom. The van der Waals surface area contributed by atoms with Gasteiger partial charge in [-0.05, 0) is 42.8 Å². The summed E-state index contributed by atoms with van der Waals surface area (Å²) in [6, 6.07) is 8.70. The molecule has 0 aliphatic carbocycles. The topological polar surface area (TPSA) is 164 Å². The lowest BCUT2D eigenvalue weighted by Gasteiger charge is -2.39. The summed E-state index contributed by atoms with van der Waals surface area (Å²) in [5.41, 5.74) is -3.65. The first-order valence-corrected chi connectivity index (χ1v) is 11.6. The maximum atomic E-state index is 13.5. The highest BCUT2D eigenvalue weighted by molar-refractivity contribution is 6.23. The number of anilines is 1. The summed E-state index contributed by atoms with van der Waals surface area (Å²) in [6.07, 6.45) is -12.4.